The number of halogens is 3. The first-order valence-corrected chi connectivity index (χ1v) is 6.29. The summed E-state index contributed by atoms with van der Waals surface area (Å²) in [5, 5.41) is 2.83. The van der Waals surface area contributed by atoms with Crippen molar-refractivity contribution in [2.45, 2.75) is 5.57 Å². The number of hydrogen-bond acceptors (Lipinski definition) is 6. The van der Waals surface area contributed by atoms with Crippen LogP contribution in [-0.2, 0) is 4.74 Å². The van der Waals surface area contributed by atoms with Gasteiger partial charge in [0.25, 0.3) is 0 Å². The number of anilines is 2. The third kappa shape index (κ3) is 4.26. The Hall–Kier alpha value is -2.48. The van der Waals surface area contributed by atoms with Gasteiger partial charge in [0.2, 0.25) is 0 Å². The third-order valence-electron chi connectivity index (χ3n) is 2.43. The van der Waals surface area contributed by atoms with E-state index in [9.17, 15) is 13.6 Å². The molecule has 0 aliphatic carbocycles. The minimum Gasteiger partial charge on any atom is -0.464 e. The standard InChI is InChI=1S/C13H10ClF2N3O3/c1-21-12(20)10-11(18-7-6-17-10)19-8-2-4-9(5-3-8)22-13(14,15)16/h2-7H,1H3,(H,18,19). The van der Waals surface area contributed by atoms with Gasteiger partial charge >= 0.3 is 11.5 Å². The van der Waals surface area contributed by atoms with Crippen LogP contribution in [-0.4, -0.2) is 28.6 Å². The molecule has 1 N–H and O–H groups in total. The lowest BCUT2D eigenvalue weighted by Crippen LogP contribution is -2.15. The van der Waals surface area contributed by atoms with Gasteiger partial charge in [0.05, 0.1) is 7.11 Å². The predicted octanol–water partition coefficient (Wildman–Crippen LogP) is 3.17. The first kappa shape index (κ1) is 15.9. The summed E-state index contributed by atoms with van der Waals surface area (Å²) < 4.78 is 33.8. The van der Waals surface area contributed by atoms with Gasteiger partial charge in [-0.05, 0) is 24.3 Å². The number of esters is 1. The van der Waals surface area contributed by atoms with Gasteiger partial charge in [-0.1, -0.05) is 0 Å². The summed E-state index contributed by atoms with van der Waals surface area (Å²) in [5.74, 6) is -0.596. The van der Waals surface area contributed by atoms with Crippen LogP contribution < -0.4 is 10.1 Å². The first-order valence-electron chi connectivity index (χ1n) is 5.91. The molecule has 0 bridgehead atoms. The quantitative estimate of drug-likeness (QED) is 0.671. The van der Waals surface area contributed by atoms with Crippen molar-refractivity contribution in [1.29, 1.82) is 0 Å². The largest absolute Gasteiger partial charge is 0.487 e. The second-order valence-electron chi connectivity index (χ2n) is 3.94. The number of benzene rings is 1. The van der Waals surface area contributed by atoms with E-state index in [1.54, 1.807) is 0 Å². The Balaban J connectivity index is 2.16. The van der Waals surface area contributed by atoms with E-state index in [4.69, 9.17) is 0 Å². The smallest absolute Gasteiger partial charge is 0.464 e. The Morgan fingerprint density at radius 1 is 1.23 bits per heavy atom. The molecule has 1 aromatic heterocycles. The topological polar surface area (TPSA) is 73.3 Å². The molecule has 0 saturated carbocycles. The van der Waals surface area contributed by atoms with Gasteiger partial charge in [-0.3, -0.25) is 0 Å². The highest BCUT2D eigenvalue weighted by Crippen LogP contribution is 2.27. The van der Waals surface area contributed by atoms with E-state index in [1.807, 2.05) is 0 Å². The average molecular weight is 330 g/mol. The highest BCUT2D eigenvalue weighted by Gasteiger charge is 2.27. The van der Waals surface area contributed by atoms with Gasteiger partial charge < -0.3 is 14.8 Å². The van der Waals surface area contributed by atoms with Crippen LogP contribution in [0.3, 0.4) is 0 Å². The number of methoxy groups -OCH3 is 1. The molecule has 0 fully saturated rings. The molecular formula is C13H10ClF2N3O3. The summed E-state index contributed by atoms with van der Waals surface area (Å²) in [4.78, 5) is 19.4. The highest BCUT2D eigenvalue weighted by molar-refractivity contribution is 6.20. The number of carbonyl (C=O) groups excluding carboxylic acids is 1. The second kappa shape index (κ2) is 6.52. The van der Waals surface area contributed by atoms with Gasteiger partial charge in [-0.2, -0.15) is 0 Å². The molecule has 2 aromatic rings. The van der Waals surface area contributed by atoms with Crippen molar-refractivity contribution in [3.05, 3.63) is 42.4 Å². The van der Waals surface area contributed by atoms with Crippen molar-refractivity contribution in [3.63, 3.8) is 0 Å². The van der Waals surface area contributed by atoms with Crippen LogP contribution >= 0.6 is 11.6 Å². The Morgan fingerprint density at radius 3 is 2.45 bits per heavy atom. The minimum atomic E-state index is -3.78. The fraction of sp³-hybridized carbons (Fsp3) is 0.154. The van der Waals surface area contributed by atoms with Crippen LogP contribution in [0.5, 0.6) is 5.75 Å². The molecule has 0 amide bonds. The maximum Gasteiger partial charge on any atom is 0.487 e. The number of rotatable bonds is 5. The Kier molecular flexibility index (Phi) is 4.71. The van der Waals surface area contributed by atoms with E-state index >= 15 is 0 Å². The van der Waals surface area contributed by atoms with Crippen molar-refractivity contribution in [3.8, 4) is 5.75 Å². The summed E-state index contributed by atoms with van der Waals surface area (Å²) >= 11 is 4.67. The summed E-state index contributed by atoms with van der Waals surface area (Å²) in [6.45, 7) is 0. The Morgan fingerprint density at radius 2 is 1.86 bits per heavy atom. The molecule has 0 unspecified atom stereocenters. The van der Waals surface area contributed by atoms with Gasteiger partial charge in [0, 0.05) is 29.7 Å². The third-order valence-corrected chi connectivity index (χ3v) is 2.50. The summed E-state index contributed by atoms with van der Waals surface area (Å²) in [7, 11) is 1.22. The molecule has 116 valence electrons. The molecule has 6 nitrogen and oxygen atoms in total. The molecule has 0 radical (unpaired) electrons. The minimum absolute atomic E-state index is 0.00221. The number of carbonyl (C=O) groups is 1. The number of nitrogens with zero attached hydrogens (tertiary/aromatic N) is 2. The maximum atomic E-state index is 12.5. The molecule has 9 heteroatoms. The van der Waals surface area contributed by atoms with Crippen molar-refractivity contribution in [2.24, 2.45) is 0 Å². The highest BCUT2D eigenvalue weighted by atomic mass is 35.5. The van der Waals surface area contributed by atoms with Crippen molar-refractivity contribution >= 4 is 29.1 Å². The number of ether oxygens (including phenoxy) is 2. The summed E-state index contributed by atoms with van der Waals surface area (Å²) in [5.41, 5.74) is -3.30. The molecule has 0 saturated heterocycles. The average Bonchev–Trinajstić information content (AvgIpc) is 2.47. The molecule has 0 atom stereocenters. The van der Waals surface area contributed by atoms with E-state index in [-0.39, 0.29) is 17.3 Å². The van der Waals surface area contributed by atoms with Crippen molar-refractivity contribution in [2.75, 3.05) is 12.4 Å². The van der Waals surface area contributed by atoms with Crippen molar-refractivity contribution < 1.29 is 23.0 Å². The van der Waals surface area contributed by atoms with E-state index in [0.717, 1.165) is 0 Å². The molecular weight excluding hydrogens is 320 g/mol. The maximum absolute atomic E-state index is 12.5. The fourth-order valence-corrected chi connectivity index (χ4v) is 1.64. The SMILES string of the molecule is COC(=O)c1nccnc1Nc1ccc(OC(F)(F)Cl)cc1. The van der Waals surface area contributed by atoms with Crippen LogP contribution in [0.15, 0.2) is 36.7 Å². The lowest BCUT2D eigenvalue weighted by Gasteiger charge is -2.12. The molecule has 0 aliphatic rings. The molecule has 2 rings (SSSR count). The van der Waals surface area contributed by atoms with Gasteiger partial charge in [0.15, 0.2) is 11.5 Å². The first-order chi connectivity index (χ1) is 10.4. The molecule has 1 aromatic carbocycles. The zero-order valence-electron chi connectivity index (χ0n) is 11.2. The normalized spacial score (nSPS) is 10.9. The van der Waals surface area contributed by atoms with E-state index in [1.165, 1.54) is 43.8 Å². The zero-order chi connectivity index (χ0) is 16.2. The summed E-state index contributed by atoms with van der Waals surface area (Å²) in [6.07, 6.45) is 2.73. The molecule has 0 spiro atoms. The summed E-state index contributed by atoms with van der Waals surface area (Å²) in [6, 6.07) is 5.47. The van der Waals surface area contributed by atoms with Crippen LogP contribution in [0.1, 0.15) is 10.5 Å². The monoisotopic (exact) mass is 329 g/mol. The predicted molar refractivity (Wildman–Crippen MR) is 74.5 cm³/mol. The zero-order valence-corrected chi connectivity index (χ0v) is 12.0. The molecule has 0 aliphatic heterocycles. The molecule has 1 heterocycles. The van der Waals surface area contributed by atoms with Gasteiger partial charge in [0.1, 0.15) is 5.75 Å². The Bertz CT molecular complexity index is 662. The lowest BCUT2D eigenvalue weighted by atomic mass is 10.3. The van der Waals surface area contributed by atoms with E-state index < -0.39 is 11.5 Å². The van der Waals surface area contributed by atoms with Crippen LogP contribution in [0.2, 0.25) is 0 Å². The molecule has 22 heavy (non-hydrogen) atoms. The van der Waals surface area contributed by atoms with Crippen LogP contribution in [0.25, 0.3) is 0 Å². The number of hydrogen-bond donors (Lipinski definition) is 1. The van der Waals surface area contributed by atoms with Crippen molar-refractivity contribution in [1.82, 2.24) is 9.97 Å². The number of alkyl halides is 3. The number of aromatic nitrogens is 2. The second-order valence-corrected chi connectivity index (χ2v) is 4.38. The Labute approximate surface area is 129 Å². The lowest BCUT2D eigenvalue weighted by molar-refractivity contribution is -0.0964. The number of nitrogens with one attached hydrogen (secondary N) is 1. The van der Waals surface area contributed by atoms with E-state index in [0.29, 0.717) is 5.69 Å². The van der Waals surface area contributed by atoms with Gasteiger partial charge in [-0.25, -0.2) is 14.8 Å². The van der Waals surface area contributed by atoms with E-state index in [2.05, 4.69) is 36.4 Å². The van der Waals surface area contributed by atoms with Crippen LogP contribution in [0.4, 0.5) is 20.3 Å². The van der Waals surface area contributed by atoms with Gasteiger partial charge in [-0.15, -0.1) is 8.78 Å². The fourth-order valence-electron chi connectivity index (χ4n) is 1.55. The van der Waals surface area contributed by atoms with Crippen LogP contribution in [0, 0.1) is 0 Å².